The molecular weight excluding hydrogens is 340 g/mol. The molecule has 3 amide bonds. The number of halogens is 1. The Kier molecular flexibility index (Phi) is 1.88. The molecule has 4 heterocycles. The van der Waals surface area contributed by atoms with Gasteiger partial charge in [0.1, 0.15) is 11.7 Å². The van der Waals surface area contributed by atoms with Crippen molar-refractivity contribution >= 4 is 27.9 Å². The molecule has 1 aromatic rings. The Labute approximate surface area is 128 Å². The highest BCUT2D eigenvalue weighted by Gasteiger charge is 2.71. The van der Waals surface area contributed by atoms with Crippen LogP contribution in [0.4, 0.5) is 4.79 Å². The van der Waals surface area contributed by atoms with Crippen LogP contribution in [-0.4, -0.2) is 67.8 Å². The number of carbonyl (C=O) groups is 2. The number of hydrogen-bond acceptors (Lipinski definition) is 3. The number of aromatic nitrogens is 1. The van der Waals surface area contributed by atoms with Crippen LogP contribution in [0.2, 0.25) is 0 Å². The minimum Gasteiger partial charge on any atom is -0.368 e. The van der Waals surface area contributed by atoms with E-state index in [2.05, 4.69) is 15.9 Å². The molecule has 21 heavy (non-hydrogen) atoms. The largest absolute Gasteiger partial charge is 0.368 e. The predicted octanol–water partition coefficient (Wildman–Crippen LogP) is 0.416. The zero-order chi connectivity index (χ0) is 14.7. The third-order valence-electron chi connectivity index (χ3n) is 5.49. The maximum Gasteiger partial charge on any atom is 0.324 e. The zero-order valence-electron chi connectivity index (χ0n) is 11.2. The monoisotopic (exact) mass is 352 g/mol. The number of carbonyl (C=O) groups excluding carboxylic acids is 2. The second-order valence-electron chi connectivity index (χ2n) is 6.22. The molecule has 0 aromatic carbocycles. The second-order valence-corrected chi connectivity index (χ2v) is 7.04. The number of aliphatic hydroxyl groups is 1. The lowest BCUT2D eigenvalue weighted by Crippen LogP contribution is -2.51. The summed E-state index contributed by atoms with van der Waals surface area (Å²) in [4.78, 5) is 29.7. The van der Waals surface area contributed by atoms with Gasteiger partial charge in [0.2, 0.25) is 0 Å². The highest BCUT2D eigenvalue weighted by atomic mass is 79.9. The molecule has 0 radical (unpaired) electrons. The van der Waals surface area contributed by atoms with Crippen molar-refractivity contribution in [2.75, 3.05) is 13.7 Å². The summed E-state index contributed by atoms with van der Waals surface area (Å²) in [6, 6.07) is 2.94. The van der Waals surface area contributed by atoms with Gasteiger partial charge in [-0.2, -0.15) is 0 Å². The first kappa shape index (κ1) is 12.0. The van der Waals surface area contributed by atoms with E-state index in [1.54, 1.807) is 22.9 Å². The van der Waals surface area contributed by atoms with Crippen LogP contribution in [0.5, 0.6) is 0 Å². The van der Waals surface area contributed by atoms with Crippen LogP contribution in [0.15, 0.2) is 16.7 Å². The van der Waals surface area contributed by atoms with E-state index >= 15 is 0 Å². The number of fused-ring (bicyclic) bond motifs is 2. The van der Waals surface area contributed by atoms with Gasteiger partial charge in [-0.1, -0.05) is 0 Å². The van der Waals surface area contributed by atoms with Crippen molar-refractivity contribution in [3.63, 3.8) is 0 Å². The van der Waals surface area contributed by atoms with Gasteiger partial charge in [-0.25, -0.2) is 4.79 Å². The highest BCUT2D eigenvalue weighted by molar-refractivity contribution is 9.10. The van der Waals surface area contributed by atoms with Gasteiger partial charge in [0, 0.05) is 13.5 Å². The topological polar surface area (TPSA) is 69.0 Å². The fourth-order valence-corrected chi connectivity index (χ4v) is 5.18. The fourth-order valence-electron chi connectivity index (χ4n) is 4.59. The Hall–Kier alpha value is -1.54. The average Bonchev–Trinajstić information content (AvgIpc) is 3.13. The Morgan fingerprint density at radius 2 is 2.10 bits per heavy atom. The van der Waals surface area contributed by atoms with E-state index in [1.165, 1.54) is 4.90 Å². The van der Waals surface area contributed by atoms with E-state index in [0.29, 0.717) is 12.1 Å². The molecule has 5 rings (SSSR count). The molecule has 7 nitrogen and oxygen atoms in total. The summed E-state index contributed by atoms with van der Waals surface area (Å²) < 4.78 is 2.80. The predicted molar refractivity (Wildman–Crippen MR) is 74.3 cm³/mol. The van der Waals surface area contributed by atoms with Crippen LogP contribution in [0.25, 0.3) is 0 Å². The van der Waals surface area contributed by atoms with Crippen LogP contribution >= 0.6 is 15.9 Å². The third-order valence-corrected chi connectivity index (χ3v) is 6.14. The number of urea groups is 1. The van der Waals surface area contributed by atoms with Crippen molar-refractivity contribution < 1.29 is 14.7 Å². The van der Waals surface area contributed by atoms with Crippen LogP contribution in [0, 0.1) is 0 Å². The van der Waals surface area contributed by atoms with Gasteiger partial charge in [-0.3, -0.25) is 14.6 Å². The molecule has 1 N–H and O–H groups in total. The number of rotatable bonds is 0. The van der Waals surface area contributed by atoms with Gasteiger partial charge in [0.25, 0.3) is 5.91 Å². The van der Waals surface area contributed by atoms with E-state index in [0.717, 1.165) is 4.60 Å². The van der Waals surface area contributed by atoms with E-state index < -0.39 is 5.72 Å². The first-order chi connectivity index (χ1) is 9.95. The number of hydrogen-bond donors (Lipinski definition) is 1. The van der Waals surface area contributed by atoms with Crippen molar-refractivity contribution in [2.24, 2.45) is 0 Å². The number of nitrogens with zero attached hydrogens (tertiary/aromatic N) is 4. The lowest BCUT2D eigenvalue weighted by molar-refractivity contribution is -0.0605. The Morgan fingerprint density at radius 1 is 1.33 bits per heavy atom. The quantitative estimate of drug-likeness (QED) is 0.735. The fraction of sp³-hybridized carbons (Fsp3) is 0.538. The standard InChI is InChI=1S/C13H13BrN4O3/c1-15-12(20)17-5-16-9-7(4-13(15,21)10(9)17)18-6(11(16)19)2-3-8(18)14/h2-3,7,9-10,21H,4-5H2,1H3/t7-,9-,10-,13-/m1/s1. The summed E-state index contributed by atoms with van der Waals surface area (Å²) in [5.41, 5.74) is -0.586. The molecule has 2 saturated heterocycles. The summed E-state index contributed by atoms with van der Waals surface area (Å²) >= 11 is 3.49. The van der Waals surface area contributed by atoms with Gasteiger partial charge in [-0.05, 0) is 28.1 Å². The molecule has 3 aliphatic heterocycles. The van der Waals surface area contributed by atoms with Gasteiger partial charge < -0.3 is 14.6 Å². The Morgan fingerprint density at radius 3 is 2.86 bits per heavy atom. The van der Waals surface area contributed by atoms with Crippen LogP contribution < -0.4 is 0 Å². The minimum absolute atomic E-state index is 0.0161. The van der Waals surface area contributed by atoms with E-state index in [1.807, 2.05) is 10.6 Å². The van der Waals surface area contributed by atoms with E-state index in [9.17, 15) is 14.7 Å². The number of amides is 3. The molecule has 1 saturated carbocycles. The van der Waals surface area contributed by atoms with Crippen LogP contribution in [0.1, 0.15) is 23.0 Å². The first-order valence-electron chi connectivity index (χ1n) is 6.89. The van der Waals surface area contributed by atoms with Crippen molar-refractivity contribution in [1.29, 1.82) is 0 Å². The zero-order valence-corrected chi connectivity index (χ0v) is 12.8. The normalized spacial score (nSPS) is 39.4. The SMILES string of the molecule is CN1C(=O)N2CN3C(=O)c4ccc(Br)n4[C@@H]4C[C@@]1(O)[C@H]2[C@@H]43. The summed E-state index contributed by atoms with van der Waals surface area (Å²) in [5, 5.41) is 11.0. The minimum atomic E-state index is -1.20. The van der Waals surface area contributed by atoms with Gasteiger partial charge in [0.15, 0.2) is 5.72 Å². The Balaban J connectivity index is 1.75. The van der Waals surface area contributed by atoms with E-state index in [4.69, 9.17) is 0 Å². The van der Waals surface area contributed by atoms with Crippen molar-refractivity contribution in [3.05, 3.63) is 22.4 Å². The average molecular weight is 353 g/mol. The number of likely N-dealkylation sites (N-methyl/N-ethyl adjacent to an activating group) is 1. The molecule has 1 aromatic heterocycles. The molecule has 0 bridgehead atoms. The van der Waals surface area contributed by atoms with Gasteiger partial charge >= 0.3 is 6.03 Å². The maximum absolute atomic E-state index is 12.7. The highest BCUT2D eigenvalue weighted by Crippen LogP contribution is 2.54. The van der Waals surface area contributed by atoms with Crippen molar-refractivity contribution in [3.8, 4) is 0 Å². The molecule has 0 unspecified atom stereocenters. The van der Waals surface area contributed by atoms with Gasteiger partial charge in [0.05, 0.1) is 23.4 Å². The summed E-state index contributed by atoms with van der Waals surface area (Å²) in [6.07, 6.45) is 0.436. The smallest absolute Gasteiger partial charge is 0.324 e. The molecule has 3 fully saturated rings. The molecule has 4 atom stereocenters. The first-order valence-corrected chi connectivity index (χ1v) is 7.69. The molecule has 8 heteroatoms. The van der Waals surface area contributed by atoms with Crippen molar-refractivity contribution in [2.45, 2.75) is 30.3 Å². The molecule has 0 spiro atoms. The van der Waals surface area contributed by atoms with Crippen LogP contribution in [-0.2, 0) is 0 Å². The molecule has 110 valence electrons. The second kappa shape index (κ2) is 3.27. The Bertz CT molecular complexity index is 718. The van der Waals surface area contributed by atoms with Crippen molar-refractivity contribution in [1.82, 2.24) is 19.3 Å². The summed E-state index contributed by atoms with van der Waals surface area (Å²) in [5.74, 6) is -0.0731. The summed E-state index contributed by atoms with van der Waals surface area (Å²) in [6.45, 7) is 0.263. The van der Waals surface area contributed by atoms with Crippen LogP contribution in [0.3, 0.4) is 0 Å². The molecule has 4 aliphatic rings. The van der Waals surface area contributed by atoms with Gasteiger partial charge in [-0.15, -0.1) is 0 Å². The third kappa shape index (κ3) is 1.07. The lowest BCUT2D eigenvalue weighted by atomic mass is 10.1. The molecular formula is C13H13BrN4O3. The lowest BCUT2D eigenvalue weighted by Gasteiger charge is -2.35. The van der Waals surface area contributed by atoms with E-state index in [-0.39, 0.29) is 36.7 Å². The summed E-state index contributed by atoms with van der Waals surface area (Å²) in [7, 11) is 1.63. The maximum atomic E-state index is 12.7. The molecule has 1 aliphatic carbocycles.